The molecule has 2 heterocycles. The van der Waals surface area contributed by atoms with Crippen LogP contribution in [0, 0.1) is 19.8 Å². The molecule has 2 aliphatic rings. The van der Waals surface area contributed by atoms with E-state index in [2.05, 4.69) is 22.2 Å². The molecule has 3 rings (SSSR count). The van der Waals surface area contributed by atoms with Gasteiger partial charge in [0.15, 0.2) is 0 Å². The Bertz CT molecular complexity index is 526. The standard InChI is InChI=1S/C15H22N4O/c1-11-16-12(2)19(17-11)14-8-5-9-18(10-14)15(20)13-6-3-4-7-13/h3-4,13-14H,5-10H2,1-2H3. The molecular weight excluding hydrogens is 252 g/mol. The lowest BCUT2D eigenvalue weighted by molar-refractivity contribution is -0.136. The van der Waals surface area contributed by atoms with Gasteiger partial charge in [0, 0.05) is 19.0 Å². The van der Waals surface area contributed by atoms with E-state index >= 15 is 0 Å². The summed E-state index contributed by atoms with van der Waals surface area (Å²) in [7, 11) is 0. The third-order valence-corrected chi connectivity index (χ3v) is 4.32. The Morgan fingerprint density at radius 1 is 1.30 bits per heavy atom. The number of carbonyl (C=O) groups is 1. The Hall–Kier alpha value is -1.65. The van der Waals surface area contributed by atoms with Crippen molar-refractivity contribution in [2.24, 2.45) is 5.92 Å². The number of piperidine rings is 1. The first-order valence-corrected chi connectivity index (χ1v) is 7.48. The van der Waals surface area contributed by atoms with E-state index < -0.39 is 0 Å². The highest BCUT2D eigenvalue weighted by Gasteiger charge is 2.30. The molecule has 0 aromatic carbocycles. The molecule has 0 N–H and O–H groups in total. The van der Waals surface area contributed by atoms with Crippen LogP contribution >= 0.6 is 0 Å². The van der Waals surface area contributed by atoms with Gasteiger partial charge in [-0.05, 0) is 39.5 Å². The van der Waals surface area contributed by atoms with Gasteiger partial charge in [-0.1, -0.05) is 12.2 Å². The van der Waals surface area contributed by atoms with Crippen LogP contribution in [0.1, 0.15) is 43.4 Å². The van der Waals surface area contributed by atoms with Crippen molar-refractivity contribution in [3.63, 3.8) is 0 Å². The van der Waals surface area contributed by atoms with Gasteiger partial charge >= 0.3 is 0 Å². The number of nitrogens with zero attached hydrogens (tertiary/aromatic N) is 4. The van der Waals surface area contributed by atoms with Crippen LogP contribution < -0.4 is 0 Å². The average molecular weight is 274 g/mol. The maximum Gasteiger partial charge on any atom is 0.226 e. The van der Waals surface area contributed by atoms with Gasteiger partial charge in [-0.15, -0.1) is 0 Å². The first-order valence-electron chi connectivity index (χ1n) is 7.48. The van der Waals surface area contributed by atoms with Crippen molar-refractivity contribution in [3.05, 3.63) is 23.8 Å². The van der Waals surface area contributed by atoms with Crippen LogP contribution in [0.5, 0.6) is 0 Å². The molecule has 5 heteroatoms. The number of likely N-dealkylation sites (tertiary alicyclic amines) is 1. The van der Waals surface area contributed by atoms with Crippen LogP contribution in [0.3, 0.4) is 0 Å². The smallest absolute Gasteiger partial charge is 0.226 e. The highest BCUT2D eigenvalue weighted by atomic mass is 16.2. The molecule has 108 valence electrons. The molecule has 1 aromatic rings. The van der Waals surface area contributed by atoms with Crippen LogP contribution in [0.25, 0.3) is 0 Å². The summed E-state index contributed by atoms with van der Waals surface area (Å²) in [6.07, 6.45) is 8.18. The molecule has 1 fully saturated rings. The Morgan fingerprint density at radius 3 is 2.70 bits per heavy atom. The first kappa shape index (κ1) is 13.3. The van der Waals surface area contributed by atoms with Crippen LogP contribution in [0.15, 0.2) is 12.2 Å². The Kier molecular flexibility index (Phi) is 3.59. The molecule has 1 atom stereocenters. The summed E-state index contributed by atoms with van der Waals surface area (Å²) >= 11 is 0. The predicted octanol–water partition coefficient (Wildman–Crippen LogP) is 2.02. The number of aromatic nitrogens is 3. The van der Waals surface area contributed by atoms with Crippen molar-refractivity contribution in [2.45, 2.75) is 45.6 Å². The number of rotatable bonds is 2. The van der Waals surface area contributed by atoms with Crippen molar-refractivity contribution in [3.8, 4) is 0 Å². The highest BCUT2D eigenvalue weighted by molar-refractivity contribution is 5.79. The summed E-state index contributed by atoms with van der Waals surface area (Å²) < 4.78 is 2.00. The molecule has 0 saturated carbocycles. The zero-order chi connectivity index (χ0) is 14.1. The minimum atomic E-state index is 0.173. The van der Waals surface area contributed by atoms with Gasteiger partial charge in [-0.3, -0.25) is 4.79 Å². The second kappa shape index (κ2) is 5.38. The number of carbonyl (C=O) groups excluding carboxylic acids is 1. The van der Waals surface area contributed by atoms with Crippen LogP contribution in [-0.4, -0.2) is 38.7 Å². The molecule has 1 aliphatic heterocycles. The number of amides is 1. The maximum absolute atomic E-state index is 12.5. The van der Waals surface area contributed by atoms with Crippen LogP contribution in [-0.2, 0) is 4.79 Å². The SMILES string of the molecule is Cc1nc(C)n(C2CCCN(C(=O)C3CC=CC3)C2)n1. The molecule has 1 saturated heterocycles. The second-order valence-corrected chi connectivity index (χ2v) is 5.87. The predicted molar refractivity (Wildman–Crippen MR) is 76.2 cm³/mol. The minimum absolute atomic E-state index is 0.173. The topological polar surface area (TPSA) is 51.0 Å². The molecule has 1 aromatic heterocycles. The van der Waals surface area contributed by atoms with Crippen molar-refractivity contribution in [1.29, 1.82) is 0 Å². The fourth-order valence-electron chi connectivity index (χ4n) is 3.31. The van der Waals surface area contributed by atoms with Gasteiger partial charge in [0.25, 0.3) is 0 Å². The Morgan fingerprint density at radius 2 is 2.05 bits per heavy atom. The third kappa shape index (κ3) is 2.49. The second-order valence-electron chi connectivity index (χ2n) is 5.87. The highest BCUT2D eigenvalue weighted by Crippen LogP contribution is 2.26. The zero-order valence-corrected chi connectivity index (χ0v) is 12.2. The number of hydrogen-bond acceptors (Lipinski definition) is 3. The lowest BCUT2D eigenvalue weighted by Crippen LogP contribution is -2.43. The molecule has 0 spiro atoms. The molecule has 1 aliphatic carbocycles. The van der Waals surface area contributed by atoms with E-state index in [1.165, 1.54) is 0 Å². The lowest BCUT2D eigenvalue weighted by Gasteiger charge is -2.34. The molecule has 1 amide bonds. The van der Waals surface area contributed by atoms with Crippen LogP contribution in [0.2, 0.25) is 0 Å². The molecule has 5 nitrogen and oxygen atoms in total. The summed E-state index contributed by atoms with van der Waals surface area (Å²) in [4.78, 5) is 18.9. The third-order valence-electron chi connectivity index (χ3n) is 4.32. The summed E-state index contributed by atoms with van der Waals surface area (Å²) in [5.74, 6) is 2.25. The van der Waals surface area contributed by atoms with E-state index in [4.69, 9.17) is 0 Å². The van der Waals surface area contributed by atoms with E-state index in [1.807, 2.05) is 23.4 Å². The number of aryl methyl sites for hydroxylation is 2. The largest absolute Gasteiger partial charge is 0.340 e. The monoisotopic (exact) mass is 274 g/mol. The van der Waals surface area contributed by atoms with Gasteiger partial charge in [-0.2, -0.15) is 5.10 Å². The van der Waals surface area contributed by atoms with Crippen LogP contribution in [0.4, 0.5) is 0 Å². The van der Waals surface area contributed by atoms with Gasteiger partial charge in [0.05, 0.1) is 6.04 Å². The van der Waals surface area contributed by atoms with Crippen molar-refractivity contribution in [1.82, 2.24) is 19.7 Å². The average Bonchev–Trinajstić information content (AvgIpc) is 3.08. The Balaban J connectivity index is 1.70. The van der Waals surface area contributed by atoms with Crippen molar-refractivity contribution >= 4 is 5.91 Å². The first-order chi connectivity index (χ1) is 9.65. The van der Waals surface area contributed by atoms with Gasteiger partial charge in [0.1, 0.15) is 11.6 Å². The minimum Gasteiger partial charge on any atom is -0.340 e. The lowest BCUT2D eigenvalue weighted by atomic mass is 10.0. The van der Waals surface area contributed by atoms with E-state index in [0.717, 1.165) is 50.4 Å². The van der Waals surface area contributed by atoms with E-state index in [9.17, 15) is 4.79 Å². The van der Waals surface area contributed by atoms with Crippen molar-refractivity contribution in [2.75, 3.05) is 13.1 Å². The summed E-state index contributed by atoms with van der Waals surface area (Å²) in [5.41, 5.74) is 0. The van der Waals surface area contributed by atoms with E-state index in [-0.39, 0.29) is 12.0 Å². The summed E-state index contributed by atoms with van der Waals surface area (Å²) in [6.45, 7) is 5.57. The molecule has 0 bridgehead atoms. The normalized spacial score (nSPS) is 23.5. The molecule has 1 unspecified atom stereocenters. The quantitative estimate of drug-likeness (QED) is 0.775. The number of hydrogen-bond donors (Lipinski definition) is 0. The Labute approximate surface area is 119 Å². The molecular formula is C15H22N4O. The van der Waals surface area contributed by atoms with Gasteiger partial charge < -0.3 is 4.90 Å². The fraction of sp³-hybridized carbons (Fsp3) is 0.667. The van der Waals surface area contributed by atoms with E-state index in [0.29, 0.717) is 5.91 Å². The molecule has 0 radical (unpaired) electrons. The maximum atomic E-state index is 12.5. The summed E-state index contributed by atoms with van der Waals surface area (Å²) in [6, 6.07) is 0.281. The summed E-state index contributed by atoms with van der Waals surface area (Å²) in [5, 5.41) is 4.48. The number of allylic oxidation sites excluding steroid dienone is 2. The molecule has 20 heavy (non-hydrogen) atoms. The van der Waals surface area contributed by atoms with Crippen molar-refractivity contribution < 1.29 is 4.79 Å². The zero-order valence-electron chi connectivity index (χ0n) is 12.2. The van der Waals surface area contributed by atoms with Gasteiger partial charge in [-0.25, -0.2) is 9.67 Å². The fourth-order valence-corrected chi connectivity index (χ4v) is 3.31. The van der Waals surface area contributed by atoms with Gasteiger partial charge in [0.2, 0.25) is 5.91 Å². The van der Waals surface area contributed by atoms with E-state index in [1.54, 1.807) is 0 Å².